The molecule has 0 aliphatic heterocycles. The first-order valence-electron chi connectivity index (χ1n) is 7.72. The van der Waals surface area contributed by atoms with Gasteiger partial charge in [0.25, 0.3) is 0 Å². The quantitative estimate of drug-likeness (QED) is 0.736. The van der Waals surface area contributed by atoms with Crippen LogP contribution in [0.2, 0.25) is 10.0 Å². The van der Waals surface area contributed by atoms with Gasteiger partial charge in [0.15, 0.2) is 0 Å². The first-order valence-corrected chi connectivity index (χ1v) is 8.48. The van der Waals surface area contributed by atoms with Gasteiger partial charge in [-0.1, -0.05) is 41.4 Å². The Morgan fingerprint density at radius 3 is 2.50 bits per heavy atom. The number of aromatic nitrogens is 3. The molecule has 1 N–H and O–H groups in total. The summed E-state index contributed by atoms with van der Waals surface area (Å²) in [6, 6.07) is 12.8. The van der Waals surface area contributed by atoms with Crippen LogP contribution in [0.25, 0.3) is 11.3 Å². The van der Waals surface area contributed by atoms with Crippen molar-refractivity contribution >= 4 is 34.8 Å². The third-order valence-electron chi connectivity index (χ3n) is 3.69. The molecule has 0 saturated heterocycles. The van der Waals surface area contributed by atoms with Crippen LogP contribution in [0.15, 0.2) is 59.5 Å². The molecule has 3 rings (SSSR count). The van der Waals surface area contributed by atoms with E-state index in [1.165, 1.54) is 6.20 Å². The van der Waals surface area contributed by atoms with Crippen molar-refractivity contribution < 1.29 is 4.79 Å². The van der Waals surface area contributed by atoms with Gasteiger partial charge in [-0.2, -0.15) is 10.1 Å². The number of hydrogen-bond donors (Lipinski definition) is 1. The number of amides is 1. The van der Waals surface area contributed by atoms with E-state index in [0.29, 0.717) is 27.0 Å². The Hall–Kier alpha value is -2.70. The van der Waals surface area contributed by atoms with Gasteiger partial charge in [0, 0.05) is 21.3 Å². The average molecular weight is 389 g/mol. The van der Waals surface area contributed by atoms with E-state index in [2.05, 4.69) is 15.4 Å². The molecule has 1 heterocycles. The fourth-order valence-electron chi connectivity index (χ4n) is 2.30. The highest BCUT2D eigenvalue weighted by Crippen LogP contribution is 2.19. The number of carbonyl (C=O) groups excluding carboxylic acids is 1. The van der Waals surface area contributed by atoms with Crippen LogP contribution < -0.4 is 11.0 Å². The second-order valence-corrected chi connectivity index (χ2v) is 6.42. The summed E-state index contributed by atoms with van der Waals surface area (Å²) in [7, 11) is 0. The molecule has 0 spiro atoms. The van der Waals surface area contributed by atoms with Crippen molar-refractivity contribution in [3.63, 3.8) is 0 Å². The Labute approximate surface area is 159 Å². The maximum atomic E-state index is 12.4. The lowest BCUT2D eigenvalue weighted by atomic mass is 10.2. The minimum absolute atomic E-state index is 0.400. The van der Waals surface area contributed by atoms with Crippen molar-refractivity contribution in [1.29, 1.82) is 0 Å². The van der Waals surface area contributed by atoms with Gasteiger partial charge < -0.3 is 5.32 Å². The van der Waals surface area contributed by atoms with Crippen molar-refractivity contribution in [2.45, 2.75) is 13.0 Å². The molecule has 0 radical (unpaired) electrons. The molecular formula is C18H14Cl2N4O2. The fourth-order valence-corrected chi connectivity index (χ4v) is 2.62. The molecule has 0 unspecified atom stereocenters. The molecule has 0 aliphatic rings. The number of hydrogen-bond acceptors (Lipinski definition) is 4. The number of anilines is 1. The Morgan fingerprint density at radius 2 is 1.85 bits per heavy atom. The van der Waals surface area contributed by atoms with Gasteiger partial charge in [-0.3, -0.25) is 4.79 Å². The number of benzene rings is 2. The lowest BCUT2D eigenvalue weighted by molar-refractivity contribution is -0.119. The van der Waals surface area contributed by atoms with Crippen molar-refractivity contribution in [1.82, 2.24) is 14.8 Å². The second-order valence-electron chi connectivity index (χ2n) is 5.55. The number of nitrogens with one attached hydrogen (secondary N) is 1. The maximum absolute atomic E-state index is 12.4. The highest BCUT2D eigenvalue weighted by molar-refractivity contribution is 6.31. The molecule has 0 fully saturated rings. The van der Waals surface area contributed by atoms with E-state index in [-0.39, 0.29) is 0 Å². The van der Waals surface area contributed by atoms with Gasteiger partial charge in [0.2, 0.25) is 5.91 Å². The van der Waals surface area contributed by atoms with E-state index in [1.54, 1.807) is 55.5 Å². The van der Waals surface area contributed by atoms with Gasteiger partial charge in [-0.25, -0.2) is 9.48 Å². The Kier molecular flexibility index (Phi) is 5.35. The molecule has 26 heavy (non-hydrogen) atoms. The molecule has 1 aromatic heterocycles. The van der Waals surface area contributed by atoms with Crippen LogP contribution in [-0.4, -0.2) is 20.7 Å². The molecular weight excluding hydrogens is 375 g/mol. The number of halogens is 2. The maximum Gasteiger partial charge on any atom is 0.365 e. The highest BCUT2D eigenvalue weighted by Gasteiger charge is 2.18. The smallest absolute Gasteiger partial charge is 0.324 e. The average Bonchev–Trinajstić information content (AvgIpc) is 2.61. The zero-order chi connectivity index (χ0) is 18.7. The Bertz CT molecular complexity index is 1000. The van der Waals surface area contributed by atoms with Gasteiger partial charge in [-0.05, 0) is 37.3 Å². The van der Waals surface area contributed by atoms with E-state index >= 15 is 0 Å². The first kappa shape index (κ1) is 18.1. The SMILES string of the molecule is C[C@@H](C(=O)Nc1cccc(Cl)c1)n1ncc(-c2ccc(Cl)cc2)nc1=O. The normalized spacial score (nSPS) is 11.8. The Balaban J connectivity index is 1.81. The van der Waals surface area contributed by atoms with Crippen LogP contribution in [0, 0.1) is 0 Å². The van der Waals surface area contributed by atoms with Crippen LogP contribution >= 0.6 is 23.2 Å². The summed E-state index contributed by atoms with van der Waals surface area (Å²) in [5, 5.41) is 7.86. The van der Waals surface area contributed by atoms with Gasteiger partial charge >= 0.3 is 5.69 Å². The standard InChI is InChI=1S/C18H14Cl2N4O2/c1-11(17(25)22-15-4-2-3-14(20)9-15)24-18(26)23-16(10-21-24)12-5-7-13(19)8-6-12/h2-11H,1H3,(H,22,25)/t11-/m0/s1. The van der Waals surface area contributed by atoms with Gasteiger partial charge in [-0.15, -0.1) is 0 Å². The summed E-state index contributed by atoms with van der Waals surface area (Å²) in [6.07, 6.45) is 1.44. The third-order valence-corrected chi connectivity index (χ3v) is 4.18. The molecule has 8 heteroatoms. The number of nitrogens with zero attached hydrogens (tertiary/aromatic N) is 3. The minimum atomic E-state index is -0.840. The van der Waals surface area contributed by atoms with Crippen molar-refractivity contribution in [3.05, 3.63) is 75.3 Å². The zero-order valence-electron chi connectivity index (χ0n) is 13.7. The van der Waals surface area contributed by atoms with E-state index in [0.717, 1.165) is 4.68 Å². The van der Waals surface area contributed by atoms with Crippen LogP contribution in [0.4, 0.5) is 5.69 Å². The topological polar surface area (TPSA) is 76.9 Å². The van der Waals surface area contributed by atoms with E-state index in [1.807, 2.05) is 0 Å². The summed E-state index contributed by atoms with van der Waals surface area (Å²) in [6.45, 7) is 1.57. The van der Waals surface area contributed by atoms with Crippen LogP contribution in [-0.2, 0) is 4.79 Å². The molecule has 6 nitrogen and oxygen atoms in total. The van der Waals surface area contributed by atoms with Crippen molar-refractivity contribution in [3.8, 4) is 11.3 Å². The summed E-state index contributed by atoms with van der Waals surface area (Å²) >= 11 is 11.8. The molecule has 0 saturated carbocycles. The van der Waals surface area contributed by atoms with Crippen molar-refractivity contribution in [2.75, 3.05) is 5.32 Å². The van der Waals surface area contributed by atoms with E-state index in [9.17, 15) is 9.59 Å². The molecule has 0 bridgehead atoms. The monoisotopic (exact) mass is 388 g/mol. The largest absolute Gasteiger partial charge is 0.365 e. The first-order chi connectivity index (χ1) is 12.4. The highest BCUT2D eigenvalue weighted by atomic mass is 35.5. The molecule has 1 amide bonds. The number of rotatable bonds is 4. The Morgan fingerprint density at radius 1 is 1.12 bits per heavy atom. The predicted octanol–water partition coefficient (Wildman–Crippen LogP) is 3.81. The van der Waals surface area contributed by atoms with E-state index in [4.69, 9.17) is 23.2 Å². The zero-order valence-corrected chi connectivity index (χ0v) is 15.2. The van der Waals surface area contributed by atoms with Gasteiger partial charge in [0.05, 0.1) is 11.9 Å². The summed E-state index contributed by atoms with van der Waals surface area (Å²) in [5.41, 5.74) is 1.03. The van der Waals surface area contributed by atoms with Crippen LogP contribution in [0.1, 0.15) is 13.0 Å². The summed E-state index contributed by atoms with van der Waals surface area (Å²) in [5.74, 6) is -0.400. The summed E-state index contributed by atoms with van der Waals surface area (Å²) in [4.78, 5) is 28.7. The van der Waals surface area contributed by atoms with Gasteiger partial charge in [0.1, 0.15) is 6.04 Å². The molecule has 1 atom stereocenters. The molecule has 0 aliphatic carbocycles. The summed E-state index contributed by atoms with van der Waals surface area (Å²) < 4.78 is 1.03. The third kappa shape index (κ3) is 4.09. The molecule has 2 aromatic carbocycles. The van der Waals surface area contributed by atoms with Crippen LogP contribution in [0.3, 0.4) is 0 Å². The van der Waals surface area contributed by atoms with Crippen molar-refractivity contribution in [2.24, 2.45) is 0 Å². The second kappa shape index (κ2) is 7.68. The predicted molar refractivity (Wildman–Crippen MR) is 102 cm³/mol. The molecule has 132 valence electrons. The molecule has 3 aromatic rings. The lowest BCUT2D eigenvalue weighted by Crippen LogP contribution is -2.34. The number of carbonyl (C=O) groups is 1. The minimum Gasteiger partial charge on any atom is -0.324 e. The van der Waals surface area contributed by atoms with E-state index < -0.39 is 17.6 Å². The fraction of sp³-hybridized carbons (Fsp3) is 0.111. The lowest BCUT2D eigenvalue weighted by Gasteiger charge is -2.14. The van der Waals surface area contributed by atoms with Crippen LogP contribution in [0.5, 0.6) is 0 Å².